The van der Waals surface area contributed by atoms with Gasteiger partial charge in [-0.25, -0.2) is 0 Å². The van der Waals surface area contributed by atoms with E-state index >= 15 is 0 Å². The highest BCUT2D eigenvalue weighted by molar-refractivity contribution is 5.81. The van der Waals surface area contributed by atoms with E-state index in [1.54, 1.807) is 0 Å². The minimum absolute atomic E-state index is 0.0793. The summed E-state index contributed by atoms with van der Waals surface area (Å²) in [5.74, 6) is 0.871. The molecule has 0 unspecified atom stereocenters. The fraction of sp³-hybridized carbons (Fsp3) is 0.600. The molecule has 0 aliphatic carbocycles. The van der Waals surface area contributed by atoms with Crippen molar-refractivity contribution in [2.75, 3.05) is 52.3 Å². The molecule has 2 saturated heterocycles. The Morgan fingerprint density at radius 1 is 1.04 bits per heavy atom. The first-order chi connectivity index (χ1) is 12.5. The van der Waals surface area contributed by atoms with Gasteiger partial charge in [0.1, 0.15) is 0 Å². The predicted octanol–water partition coefficient (Wildman–Crippen LogP) is 1.60. The molecule has 0 bridgehead atoms. The van der Waals surface area contributed by atoms with Crippen molar-refractivity contribution in [1.82, 2.24) is 9.80 Å². The lowest BCUT2D eigenvalue weighted by Gasteiger charge is -2.22. The van der Waals surface area contributed by atoms with Crippen LogP contribution in [-0.2, 0) is 20.9 Å². The van der Waals surface area contributed by atoms with Crippen molar-refractivity contribution in [3.05, 3.63) is 29.8 Å². The van der Waals surface area contributed by atoms with E-state index in [0.717, 1.165) is 32.7 Å². The van der Waals surface area contributed by atoms with Gasteiger partial charge in [-0.15, -0.1) is 0 Å². The van der Waals surface area contributed by atoms with Gasteiger partial charge >= 0.3 is 5.97 Å². The van der Waals surface area contributed by atoms with Gasteiger partial charge in [0.15, 0.2) is 0 Å². The number of hydrogen-bond donors (Lipinski definition) is 0. The van der Waals surface area contributed by atoms with Crippen LogP contribution in [0.15, 0.2) is 24.3 Å². The summed E-state index contributed by atoms with van der Waals surface area (Å²) in [7, 11) is 5.46. The number of likely N-dealkylation sites (tertiary alicyclic amines) is 2. The van der Waals surface area contributed by atoms with Crippen LogP contribution in [0.1, 0.15) is 18.4 Å². The van der Waals surface area contributed by atoms with Crippen LogP contribution >= 0.6 is 0 Å². The molecule has 3 rings (SSSR count). The molecule has 1 aromatic carbocycles. The summed E-state index contributed by atoms with van der Waals surface area (Å²) < 4.78 is 4.61. The third-order valence-corrected chi connectivity index (χ3v) is 5.54. The van der Waals surface area contributed by atoms with E-state index in [2.05, 4.69) is 52.9 Å². The summed E-state index contributed by atoms with van der Waals surface area (Å²) in [4.78, 5) is 30.0. The topological polar surface area (TPSA) is 53.1 Å². The Morgan fingerprint density at radius 2 is 1.65 bits per heavy atom. The number of anilines is 1. The van der Waals surface area contributed by atoms with Crippen LogP contribution in [0, 0.1) is 11.8 Å². The molecule has 0 N–H and O–H groups in total. The number of nitrogens with zero attached hydrogens (tertiary/aromatic N) is 3. The molecule has 2 fully saturated rings. The zero-order valence-electron chi connectivity index (χ0n) is 16.0. The van der Waals surface area contributed by atoms with Crippen LogP contribution in [-0.4, -0.2) is 69.1 Å². The van der Waals surface area contributed by atoms with E-state index in [9.17, 15) is 9.59 Å². The van der Waals surface area contributed by atoms with Crippen molar-refractivity contribution >= 4 is 17.6 Å². The Hall–Kier alpha value is -2.08. The highest BCUT2D eigenvalue weighted by atomic mass is 16.5. The number of ether oxygens (including phenoxy) is 1. The maximum absolute atomic E-state index is 12.3. The Bertz CT molecular complexity index is 630. The van der Waals surface area contributed by atoms with E-state index in [4.69, 9.17) is 0 Å². The lowest BCUT2D eigenvalue weighted by molar-refractivity contribution is -0.143. The Kier molecular flexibility index (Phi) is 5.81. The predicted molar refractivity (Wildman–Crippen MR) is 101 cm³/mol. The summed E-state index contributed by atoms with van der Waals surface area (Å²) in [5, 5.41) is 0. The molecule has 2 aliphatic rings. The minimum Gasteiger partial charge on any atom is -0.469 e. The van der Waals surface area contributed by atoms with Gasteiger partial charge < -0.3 is 14.5 Å². The third-order valence-electron chi connectivity index (χ3n) is 5.54. The average molecular weight is 359 g/mol. The normalized spacial score (nSPS) is 22.3. The summed E-state index contributed by atoms with van der Waals surface area (Å²) in [6.45, 7) is 4.69. The van der Waals surface area contributed by atoms with E-state index in [1.807, 2.05) is 4.90 Å². The average Bonchev–Trinajstić information content (AvgIpc) is 3.18. The van der Waals surface area contributed by atoms with E-state index < -0.39 is 0 Å². The zero-order chi connectivity index (χ0) is 18.7. The first-order valence-electron chi connectivity index (χ1n) is 9.29. The number of carbonyl (C=O) groups is 2. The van der Waals surface area contributed by atoms with Crippen LogP contribution in [0.2, 0.25) is 0 Å². The number of benzene rings is 1. The number of methoxy groups -OCH3 is 1. The second kappa shape index (κ2) is 8.08. The lowest BCUT2D eigenvalue weighted by Crippen LogP contribution is -2.33. The largest absolute Gasteiger partial charge is 0.469 e. The van der Waals surface area contributed by atoms with Crippen molar-refractivity contribution in [2.45, 2.75) is 19.4 Å². The minimum atomic E-state index is -0.316. The van der Waals surface area contributed by atoms with Gasteiger partial charge in [0.05, 0.1) is 13.5 Å². The van der Waals surface area contributed by atoms with E-state index in [1.165, 1.54) is 18.4 Å². The second-order valence-corrected chi connectivity index (χ2v) is 7.65. The number of rotatable bonds is 6. The fourth-order valence-corrected chi connectivity index (χ4v) is 4.05. The zero-order valence-corrected chi connectivity index (χ0v) is 16.0. The van der Waals surface area contributed by atoms with Crippen LogP contribution in [0.5, 0.6) is 0 Å². The lowest BCUT2D eigenvalue weighted by atomic mass is 10.0. The molecule has 26 heavy (non-hydrogen) atoms. The maximum Gasteiger partial charge on any atom is 0.306 e. The monoisotopic (exact) mass is 359 g/mol. The van der Waals surface area contributed by atoms with Crippen LogP contribution < -0.4 is 4.90 Å². The third kappa shape index (κ3) is 4.36. The SMILES string of the molecule is COC(=O)CCC(=O)N1C[C@H]2CN(Cc3ccc(N(C)C)cc3)C[C@@H]2C1. The van der Waals surface area contributed by atoms with E-state index in [0.29, 0.717) is 11.8 Å². The first-order valence-corrected chi connectivity index (χ1v) is 9.29. The molecular weight excluding hydrogens is 330 g/mol. The highest BCUT2D eigenvalue weighted by Crippen LogP contribution is 2.32. The summed E-state index contributed by atoms with van der Waals surface area (Å²) in [6, 6.07) is 8.72. The molecule has 1 amide bonds. The molecule has 0 saturated carbocycles. The number of amides is 1. The van der Waals surface area contributed by atoms with Crippen LogP contribution in [0.25, 0.3) is 0 Å². The first kappa shape index (κ1) is 18.7. The Balaban J connectivity index is 1.46. The van der Waals surface area contributed by atoms with E-state index in [-0.39, 0.29) is 24.7 Å². The summed E-state index contributed by atoms with van der Waals surface area (Å²) >= 11 is 0. The summed E-state index contributed by atoms with van der Waals surface area (Å²) in [5.41, 5.74) is 2.55. The van der Waals surface area contributed by atoms with Crippen molar-refractivity contribution in [1.29, 1.82) is 0 Å². The van der Waals surface area contributed by atoms with Gasteiger partial charge in [0, 0.05) is 58.9 Å². The molecule has 1 aromatic rings. The standard InChI is InChI=1S/C20H29N3O3/c1-21(2)18-6-4-15(5-7-18)10-22-11-16-13-23(14-17(16)12-22)19(24)8-9-20(25)26-3/h4-7,16-17H,8-14H2,1-3H3/t16-,17-/m1/s1. The molecule has 0 aromatic heterocycles. The highest BCUT2D eigenvalue weighted by Gasteiger charge is 2.41. The molecule has 2 atom stereocenters. The molecule has 2 aliphatic heterocycles. The van der Waals surface area contributed by atoms with Gasteiger partial charge in [0.2, 0.25) is 5.91 Å². The van der Waals surface area contributed by atoms with Gasteiger partial charge in [-0.2, -0.15) is 0 Å². The van der Waals surface area contributed by atoms with Crippen molar-refractivity contribution in [3.63, 3.8) is 0 Å². The molecule has 6 nitrogen and oxygen atoms in total. The van der Waals surface area contributed by atoms with Gasteiger partial charge in [-0.1, -0.05) is 12.1 Å². The van der Waals surface area contributed by atoms with Crippen molar-refractivity contribution < 1.29 is 14.3 Å². The quantitative estimate of drug-likeness (QED) is 0.722. The van der Waals surface area contributed by atoms with Crippen LogP contribution in [0.3, 0.4) is 0 Å². The number of hydrogen-bond acceptors (Lipinski definition) is 5. The fourth-order valence-electron chi connectivity index (χ4n) is 4.05. The molecule has 6 heteroatoms. The van der Waals surface area contributed by atoms with Gasteiger partial charge in [-0.3, -0.25) is 14.5 Å². The van der Waals surface area contributed by atoms with Crippen molar-refractivity contribution in [2.24, 2.45) is 11.8 Å². The van der Waals surface area contributed by atoms with Crippen molar-refractivity contribution in [3.8, 4) is 0 Å². The second-order valence-electron chi connectivity index (χ2n) is 7.65. The number of esters is 1. The molecule has 0 spiro atoms. The number of fused-ring (bicyclic) bond motifs is 1. The molecule has 2 heterocycles. The van der Waals surface area contributed by atoms with Gasteiger partial charge in [0.25, 0.3) is 0 Å². The van der Waals surface area contributed by atoms with Gasteiger partial charge in [-0.05, 0) is 29.5 Å². The Morgan fingerprint density at radius 3 is 2.19 bits per heavy atom. The van der Waals surface area contributed by atoms with Crippen LogP contribution in [0.4, 0.5) is 5.69 Å². The molecule has 0 radical (unpaired) electrons. The molecule has 142 valence electrons. The summed E-state index contributed by atoms with van der Waals surface area (Å²) in [6.07, 6.45) is 0.435. The molecular formula is C20H29N3O3. The smallest absolute Gasteiger partial charge is 0.306 e. The maximum atomic E-state index is 12.3. The Labute approximate surface area is 155 Å². The number of carbonyl (C=O) groups excluding carboxylic acids is 2.